The molecule has 0 saturated carbocycles. The fraction of sp³-hybridized carbons (Fsp3) is 0.120. The number of aryl methyl sites for hydroxylation is 1. The number of nitrogens with one attached hydrogen (secondary N) is 2. The van der Waals surface area contributed by atoms with Crippen LogP contribution in [0.1, 0.15) is 27.0 Å². The highest BCUT2D eigenvalue weighted by molar-refractivity contribution is 7.89. The molecule has 1 amide bonds. The van der Waals surface area contributed by atoms with Crippen LogP contribution in [0.25, 0.3) is 5.69 Å². The van der Waals surface area contributed by atoms with E-state index in [1.807, 2.05) is 30.3 Å². The van der Waals surface area contributed by atoms with Gasteiger partial charge in [-0.3, -0.25) is 4.79 Å². The van der Waals surface area contributed by atoms with Gasteiger partial charge in [-0.2, -0.15) is 0 Å². The van der Waals surface area contributed by atoms with Gasteiger partial charge in [-0.05, 0) is 47.9 Å². The Bertz CT molecular complexity index is 1410. The second-order valence-electron chi connectivity index (χ2n) is 7.73. The predicted octanol–water partition coefficient (Wildman–Crippen LogP) is 3.73. The van der Waals surface area contributed by atoms with Crippen molar-refractivity contribution in [2.45, 2.75) is 24.9 Å². The number of amides is 1. The first-order valence-corrected chi connectivity index (χ1v) is 12.0. The molecule has 7 nitrogen and oxygen atoms in total. The Morgan fingerprint density at radius 2 is 1.79 bits per heavy atom. The minimum atomic E-state index is -3.83. The number of carbonyl (C=O) groups is 1. The molecule has 0 spiro atoms. The second kappa shape index (κ2) is 9.98. The van der Waals surface area contributed by atoms with E-state index in [4.69, 9.17) is 0 Å². The minimum Gasteiger partial charge on any atom is -0.348 e. The molecule has 1 heterocycles. The Kier molecular flexibility index (Phi) is 6.85. The van der Waals surface area contributed by atoms with Gasteiger partial charge in [0.2, 0.25) is 10.0 Å². The van der Waals surface area contributed by atoms with Crippen molar-refractivity contribution in [2.24, 2.45) is 0 Å². The normalized spacial score (nSPS) is 11.4. The molecule has 0 aliphatic heterocycles. The summed E-state index contributed by atoms with van der Waals surface area (Å²) in [5, 5.41) is 2.71. The Morgan fingerprint density at radius 1 is 1.00 bits per heavy atom. The van der Waals surface area contributed by atoms with Gasteiger partial charge in [-0.25, -0.2) is 22.5 Å². The van der Waals surface area contributed by atoms with E-state index in [1.165, 1.54) is 18.5 Å². The van der Waals surface area contributed by atoms with Gasteiger partial charge < -0.3 is 9.88 Å². The van der Waals surface area contributed by atoms with E-state index in [0.717, 1.165) is 5.56 Å². The lowest BCUT2D eigenvalue weighted by molar-refractivity contribution is 0.0950. The Morgan fingerprint density at radius 3 is 2.50 bits per heavy atom. The standard InChI is InChI=1S/C25H23FN4O3S/c1-18-7-9-21(14-24(18)34(32,33)29-16-19-5-3-2-4-6-19)25(31)28-15-20-8-10-23(22(26)13-20)30-12-11-27-17-30/h2-14,17,29H,15-16H2,1H3,(H,28,31). The summed E-state index contributed by atoms with van der Waals surface area (Å²) in [6, 6.07) is 18.3. The number of hydrogen-bond acceptors (Lipinski definition) is 4. The average molecular weight is 479 g/mol. The number of benzene rings is 3. The smallest absolute Gasteiger partial charge is 0.251 e. The van der Waals surface area contributed by atoms with Crippen molar-refractivity contribution in [1.82, 2.24) is 19.6 Å². The van der Waals surface area contributed by atoms with Gasteiger partial charge in [0.25, 0.3) is 5.91 Å². The van der Waals surface area contributed by atoms with Gasteiger partial charge >= 0.3 is 0 Å². The summed E-state index contributed by atoms with van der Waals surface area (Å²) in [4.78, 5) is 16.6. The molecule has 0 atom stereocenters. The van der Waals surface area contributed by atoms with Crippen LogP contribution in [0.3, 0.4) is 0 Å². The average Bonchev–Trinajstić information content (AvgIpc) is 3.37. The summed E-state index contributed by atoms with van der Waals surface area (Å²) in [6.07, 6.45) is 4.69. The summed E-state index contributed by atoms with van der Waals surface area (Å²) in [5.74, 6) is -0.906. The lowest BCUT2D eigenvalue weighted by Crippen LogP contribution is -2.26. The van der Waals surface area contributed by atoms with Gasteiger partial charge in [0.05, 0.1) is 16.9 Å². The maximum absolute atomic E-state index is 14.4. The van der Waals surface area contributed by atoms with Crippen LogP contribution in [0.2, 0.25) is 0 Å². The van der Waals surface area contributed by atoms with E-state index in [2.05, 4.69) is 15.0 Å². The molecule has 174 valence electrons. The molecule has 0 aliphatic carbocycles. The Hall–Kier alpha value is -3.82. The Labute approximate surface area is 197 Å². The molecule has 4 aromatic rings. The second-order valence-corrected chi connectivity index (χ2v) is 9.46. The van der Waals surface area contributed by atoms with Gasteiger partial charge in [0.1, 0.15) is 5.82 Å². The Balaban J connectivity index is 1.45. The molecule has 0 radical (unpaired) electrons. The lowest BCUT2D eigenvalue weighted by Gasteiger charge is -2.12. The van der Waals surface area contributed by atoms with Crippen molar-refractivity contribution in [2.75, 3.05) is 0 Å². The number of rotatable bonds is 8. The van der Waals surface area contributed by atoms with Crippen LogP contribution < -0.4 is 10.0 Å². The van der Waals surface area contributed by atoms with Crippen molar-refractivity contribution in [3.63, 3.8) is 0 Å². The number of hydrogen-bond donors (Lipinski definition) is 2. The predicted molar refractivity (Wildman–Crippen MR) is 126 cm³/mol. The van der Waals surface area contributed by atoms with Crippen molar-refractivity contribution >= 4 is 15.9 Å². The third kappa shape index (κ3) is 5.38. The summed E-state index contributed by atoms with van der Waals surface area (Å²) in [7, 11) is -3.83. The molecular formula is C25H23FN4O3S. The quantitative estimate of drug-likeness (QED) is 0.404. The number of aromatic nitrogens is 2. The third-order valence-electron chi connectivity index (χ3n) is 5.30. The monoisotopic (exact) mass is 478 g/mol. The van der Waals surface area contributed by atoms with Crippen LogP contribution in [0.5, 0.6) is 0 Å². The van der Waals surface area contributed by atoms with Crippen LogP contribution in [-0.2, 0) is 23.1 Å². The zero-order valence-corrected chi connectivity index (χ0v) is 19.2. The van der Waals surface area contributed by atoms with Crippen molar-refractivity contribution in [3.05, 3.63) is 114 Å². The molecule has 9 heteroatoms. The van der Waals surface area contributed by atoms with E-state index >= 15 is 0 Å². The van der Waals surface area contributed by atoms with Gasteiger partial charge in [0, 0.05) is 31.0 Å². The fourth-order valence-electron chi connectivity index (χ4n) is 3.44. The van der Waals surface area contributed by atoms with Crippen LogP contribution in [0.4, 0.5) is 4.39 Å². The molecule has 0 aliphatic rings. The molecule has 0 saturated heterocycles. The van der Waals surface area contributed by atoms with Crippen LogP contribution in [0, 0.1) is 12.7 Å². The van der Waals surface area contributed by atoms with E-state index in [0.29, 0.717) is 16.8 Å². The van der Waals surface area contributed by atoms with Crippen LogP contribution in [-0.4, -0.2) is 23.9 Å². The maximum Gasteiger partial charge on any atom is 0.251 e. The number of imidazole rings is 1. The topological polar surface area (TPSA) is 93.1 Å². The highest BCUT2D eigenvalue weighted by Gasteiger charge is 2.19. The van der Waals surface area contributed by atoms with Gasteiger partial charge in [-0.1, -0.05) is 42.5 Å². The fourth-order valence-corrected chi connectivity index (χ4v) is 4.72. The van der Waals surface area contributed by atoms with Crippen molar-refractivity contribution in [3.8, 4) is 5.69 Å². The number of sulfonamides is 1. The molecule has 0 bridgehead atoms. The first-order valence-electron chi connectivity index (χ1n) is 10.5. The molecule has 0 unspecified atom stereocenters. The summed E-state index contributed by atoms with van der Waals surface area (Å²) in [6.45, 7) is 1.89. The third-order valence-corrected chi connectivity index (χ3v) is 6.84. The summed E-state index contributed by atoms with van der Waals surface area (Å²) < 4.78 is 44.3. The highest BCUT2D eigenvalue weighted by atomic mass is 32.2. The number of nitrogens with zero attached hydrogens (tertiary/aromatic N) is 2. The zero-order valence-electron chi connectivity index (χ0n) is 18.4. The largest absolute Gasteiger partial charge is 0.348 e. The van der Waals surface area contributed by atoms with Gasteiger partial charge in [-0.15, -0.1) is 0 Å². The molecule has 34 heavy (non-hydrogen) atoms. The highest BCUT2D eigenvalue weighted by Crippen LogP contribution is 2.19. The SMILES string of the molecule is Cc1ccc(C(=O)NCc2ccc(-n3ccnc3)c(F)c2)cc1S(=O)(=O)NCc1ccccc1. The first kappa shape index (κ1) is 23.3. The van der Waals surface area contributed by atoms with E-state index in [1.54, 1.807) is 48.1 Å². The van der Waals surface area contributed by atoms with Crippen LogP contribution >= 0.6 is 0 Å². The van der Waals surface area contributed by atoms with Crippen molar-refractivity contribution < 1.29 is 17.6 Å². The van der Waals surface area contributed by atoms with E-state index in [9.17, 15) is 17.6 Å². The molecule has 3 aromatic carbocycles. The first-order chi connectivity index (χ1) is 16.3. The van der Waals surface area contributed by atoms with Crippen LogP contribution in [0.15, 0.2) is 90.3 Å². The molecule has 0 fully saturated rings. The summed E-state index contributed by atoms with van der Waals surface area (Å²) >= 11 is 0. The molecule has 2 N–H and O–H groups in total. The number of carbonyl (C=O) groups excluding carboxylic acids is 1. The lowest BCUT2D eigenvalue weighted by atomic mass is 10.1. The van der Waals surface area contributed by atoms with E-state index < -0.39 is 21.7 Å². The zero-order chi connectivity index (χ0) is 24.1. The van der Waals surface area contributed by atoms with E-state index in [-0.39, 0.29) is 23.5 Å². The maximum atomic E-state index is 14.4. The molecule has 4 rings (SSSR count). The summed E-state index contributed by atoms with van der Waals surface area (Å²) in [5.41, 5.74) is 2.46. The number of halogens is 1. The molecule has 1 aromatic heterocycles. The minimum absolute atomic E-state index is 0.0341. The van der Waals surface area contributed by atoms with Gasteiger partial charge in [0.15, 0.2) is 0 Å². The van der Waals surface area contributed by atoms with Crippen molar-refractivity contribution in [1.29, 1.82) is 0 Å². The molecular weight excluding hydrogens is 455 g/mol.